The van der Waals surface area contributed by atoms with Crippen molar-refractivity contribution in [3.63, 3.8) is 0 Å². The number of carbonyl (C=O) groups is 1. The molecule has 2 rings (SSSR count). The van der Waals surface area contributed by atoms with Crippen molar-refractivity contribution in [1.82, 2.24) is 4.98 Å². The standard InChI is InChI=1S/C10H10F2N2O2/c11-10(12)2-1-6-5(3-10)4-14-8(13)7(6)9(15)16/h4H,1-3H2,(H2,13,14)(H,15,16). The Kier molecular flexibility index (Phi) is 2.29. The minimum Gasteiger partial charge on any atom is -0.478 e. The Bertz CT molecular complexity index is 460. The number of aromatic nitrogens is 1. The molecule has 3 N–H and O–H groups in total. The molecular weight excluding hydrogens is 218 g/mol. The fraction of sp³-hybridized carbons (Fsp3) is 0.400. The Morgan fingerprint density at radius 3 is 2.88 bits per heavy atom. The van der Waals surface area contributed by atoms with Gasteiger partial charge in [-0.25, -0.2) is 18.6 Å². The number of carboxylic acid groups (broad SMARTS) is 1. The van der Waals surface area contributed by atoms with Gasteiger partial charge in [0.15, 0.2) is 0 Å². The number of hydrogen-bond donors (Lipinski definition) is 2. The number of nitrogen functional groups attached to an aromatic ring is 1. The monoisotopic (exact) mass is 228 g/mol. The number of rotatable bonds is 1. The average Bonchev–Trinajstić information content (AvgIpc) is 2.16. The summed E-state index contributed by atoms with van der Waals surface area (Å²) in [7, 11) is 0. The molecule has 0 amide bonds. The molecule has 86 valence electrons. The van der Waals surface area contributed by atoms with E-state index >= 15 is 0 Å². The number of anilines is 1. The smallest absolute Gasteiger partial charge is 0.339 e. The van der Waals surface area contributed by atoms with Crippen LogP contribution >= 0.6 is 0 Å². The molecule has 1 aromatic rings. The highest BCUT2D eigenvalue weighted by Gasteiger charge is 2.36. The zero-order chi connectivity index (χ0) is 11.9. The lowest BCUT2D eigenvalue weighted by molar-refractivity contribution is -0.0125. The van der Waals surface area contributed by atoms with Crippen LogP contribution in [-0.2, 0) is 12.8 Å². The van der Waals surface area contributed by atoms with Crippen LogP contribution in [0, 0.1) is 0 Å². The fourth-order valence-corrected chi connectivity index (χ4v) is 1.96. The minimum atomic E-state index is -2.78. The second-order valence-corrected chi connectivity index (χ2v) is 3.86. The molecule has 0 bridgehead atoms. The molecule has 16 heavy (non-hydrogen) atoms. The van der Waals surface area contributed by atoms with Crippen molar-refractivity contribution in [2.75, 3.05) is 5.73 Å². The summed E-state index contributed by atoms with van der Waals surface area (Å²) >= 11 is 0. The lowest BCUT2D eigenvalue weighted by Crippen LogP contribution is -2.28. The molecule has 1 heterocycles. The predicted molar refractivity (Wildman–Crippen MR) is 52.6 cm³/mol. The van der Waals surface area contributed by atoms with Gasteiger partial charge in [-0.3, -0.25) is 0 Å². The molecular formula is C10H10F2N2O2. The summed E-state index contributed by atoms with van der Waals surface area (Å²) < 4.78 is 26.2. The van der Waals surface area contributed by atoms with Crippen LogP contribution in [0.2, 0.25) is 0 Å². The van der Waals surface area contributed by atoms with Gasteiger partial charge in [-0.15, -0.1) is 0 Å². The van der Waals surface area contributed by atoms with Crippen LogP contribution in [0.4, 0.5) is 14.6 Å². The Balaban J connectivity index is 2.55. The van der Waals surface area contributed by atoms with Gasteiger partial charge in [0.25, 0.3) is 5.92 Å². The topological polar surface area (TPSA) is 76.2 Å². The number of carboxylic acids is 1. The number of hydrogen-bond acceptors (Lipinski definition) is 3. The second kappa shape index (κ2) is 3.40. The van der Waals surface area contributed by atoms with E-state index in [2.05, 4.69) is 4.98 Å². The van der Waals surface area contributed by atoms with Gasteiger partial charge >= 0.3 is 5.97 Å². The third kappa shape index (κ3) is 1.70. The SMILES string of the molecule is Nc1ncc2c(c1C(=O)O)CCC(F)(F)C2. The van der Waals surface area contributed by atoms with Crippen molar-refractivity contribution in [2.45, 2.75) is 25.2 Å². The van der Waals surface area contributed by atoms with Crippen molar-refractivity contribution < 1.29 is 18.7 Å². The van der Waals surface area contributed by atoms with Gasteiger partial charge in [0.1, 0.15) is 11.4 Å². The van der Waals surface area contributed by atoms with Crippen LogP contribution in [0.25, 0.3) is 0 Å². The van der Waals surface area contributed by atoms with Crippen LogP contribution in [0.3, 0.4) is 0 Å². The first-order valence-electron chi connectivity index (χ1n) is 4.78. The number of nitrogens with two attached hydrogens (primary N) is 1. The van der Waals surface area contributed by atoms with Crippen molar-refractivity contribution >= 4 is 11.8 Å². The summed E-state index contributed by atoms with van der Waals surface area (Å²) in [5, 5.41) is 8.94. The fourth-order valence-electron chi connectivity index (χ4n) is 1.96. The highest BCUT2D eigenvalue weighted by molar-refractivity contribution is 5.94. The maximum Gasteiger partial charge on any atom is 0.339 e. The highest BCUT2D eigenvalue weighted by atomic mass is 19.3. The second-order valence-electron chi connectivity index (χ2n) is 3.86. The molecule has 4 nitrogen and oxygen atoms in total. The molecule has 0 unspecified atom stereocenters. The molecule has 1 aliphatic rings. The van der Waals surface area contributed by atoms with Crippen molar-refractivity contribution in [3.8, 4) is 0 Å². The van der Waals surface area contributed by atoms with E-state index in [1.165, 1.54) is 6.20 Å². The maximum absolute atomic E-state index is 13.1. The van der Waals surface area contributed by atoms with Gasteiger partial charge in [0, 0.05) is 19.0 Å². The lowest BCUT2D eigenvalue weighted by Gasteiger charge is -2.25. The molecule has 0 radical (unpaired) electrons. The molecule has 0 saturated carbocycles. The van der Waals surface area contributed by atoms with E-state index in [4.69, 9.17) is 10.8 Å². The van der Waals surface area contributed by atoms with Crippen molar-refractivity contribution in [2.24, 2.45) is 0 Å². The van der Waals surface area contributed by atoms with Gasteiger partial charge in [-0.1, -0.05) is 0 Å². The van der Waals surface area contributed by atoms with E-state index < -0.39 is 18.3 Å². The van der Waals surface area contributed by atoms with Gasteiger partial charge in [0.05, 0.1) is 0 Å². The van der Waals surface area contributed by atoms with E-state index in [-0.39, 0.29) is 29.8 Å². The summed E-state index contributed by atoms with van der Waals surface area (Å²) in [4.78, 5) is 14.6. The first-order valence-corrected chi connectivity index (χ1v) is 4.78. The Labute approximate surface area is 90.1 Å². The number of aromatic carboxylic acids is 1. The summed E-state index contributed by atoms with van der Waals surface area (Å²) in [6.07, 6.45) is 0.459. The summed E-state index contributed by atoms with van der Waals surface area (Å²) in [5.41, 5.74) is 5.98. The molecule has 0 saturated heterocycles. The van der Waals surface area contributed by atoms with E-state index in [1.807, 2.05) is 0 Å². The van der Waals surface area contributed by atoms with Gasteiger partial charge < -0.3 is 10.8 Å². The Hall–Kier alpha value is -1.72. The number of pyridine rings is 1. The van der Waals surface area contributed by atoms with Gasteiger partial charge in [0.2, 0.25) is 0 Å². The normalized spacial score (nSPS) is 17.9. The summed E-state index contributed by atoms with van der Waals surface area (Å²) in [6, 6.07) is 0. The minimum absolute atomic E-state index is 0.0245. The van der Waals surface area contributed by atoms with Crippen LogP contribution in [0.1, 0.15) is 27.9 Å². The zero-order valence-electron chi connectivity index (χ0n) is 8.33. The van der Waals surface area contributed by atoms with Crippen LogP contribution in [-0.4, -0.2) is 22.0 Å². The van der Waals surface area contributed by atoms with Crippen LogP contribution < -0.4 is 5.73 Å². The van der Waals surface area contributed by atoms with Gasteiger partial charge in [-0.05, 0) is 17.5 Å². The third-order valence-corrected chi connectivity index (χ3v) is 2.71. The predicted octanol–water partition coefficient (Wildman–Crippen LogP) is 1.49. The number of nitrogens with zero attached hydrogens (tertiary/aromatic N) is 1. The van der Waals surface area contributed by atoms with E-state index in [9.17, 15) is 13.6 Å². The summed E-state index contributed by atoms with van der Waals surface area (Å²) in [6.45, 7) is 0. The van der Waals surface area contributed by atoms with E-state index in [0.29, 0.717) is 5.56 Å². The molecule has 0 fully saturated rings. The number of halogens is 2. The first-order chi connectivity index (χ1) is 7.41. The number of alkyl halides is 2. The molecule has 0 spiro atoms. The molecule has 1 aromatic heterocycles. The lowest BCUT2D eigenvalue weighted by atomic mass is 9.87. The summed E-state index contributed by atoms with van der Waals surface area (Å²) in [5.74, 6) is -4.11. The molecule has 1 aliphatic carbocycles. The van der Waals surface area contributed by atoms with Crippen LogP contribution in [0.5, 0.6) is 0 Å². The van der Waals surface area contributed by atoms with E-state index in [1.54, 1.807) is 0 Å². The van der Waals surface area contributed by atoms with E-state index in [0.717, 1.165) is 0 Å². The third-order valence-electron chi connectivity index (χ3n) is 2.71. The van der Waals surface area contributed by atoms with Crippen molar-refractivity contribution in [3.05, 3.63) is 22.9 Å². The quantitative estimate of drug-likeness (QED) is 0.763. The molecule has 6 heteroatoms. The Morgan fingerprint density at radius 2 is 2.25 bits per heavy atom. The van der Waals surface area contributed by atoms with Crippen molar-refractivity contribution in [1.29, 1.82) is 0 Å². The maximum atomic E-state index is 13.1. The first kappa shape index (κ1) is 10.8. The Morgan fingerprint density at radius 1 is 1.56 bits per heavy atom. The molecule has 0 aliphatic heterocycles. The zero-order valence-corrected chi connectivity index (χ0v) is 8.33. The average molecular weight is 228 g/mol. The molecule has 0 aromatic carbocycles. The highest BCUT2D eigenvalue weighted by Crippen LogP contribution is 2.35. The number of fused-ring (bicyclic) bond motifs is 1. The van der Waals surface area contributed by atoms with Crippen LogP contribution in [0.15, 0.2) is 6.20 Å². The van der Waals surface area contributed by atoms with Gasteiger partial charge in [-0.2, -0.15) is 0 Å². The molecule has 0 atom stereocenters. The largest absolute Gasteiger partial charge is 0.478 e.